The van der Waals surface area contributed by atoms with Gasteiger partial charge in [0.1, 0.15) is 0 Å². The highest BCUT2D eigenvalue weighted by Crippen LogP contribution is 1.99. The molecule has 0 aliphatic heterocycles. The molecule has 0 aromatic carbocycles. The summed E-state index contributed by atoms with van der Waals surface area (Å²) in [5.74, 6) is -0.445. The predicted octanol–water partition coefficient (Wildman–Crippen LogP) is 0.404. The SMILES string of the molecule is C=CCNC(=O)CC(/C=C\C#N)[N+](=O)[O-]. The number of hydrogen-bond acceptors (Lipinski definition) is 4. The molecule has 0 spiro atoms. The number of nitrogens with zero attached hydrogens (tertiary/aromatic N) is 2. The van der Waals surface area contributed by atoms with Gasteiger partial charge in [0.2, 0.25) is 11.9 Å². The smallest absolute Gasteiger partial charge is 0.241 e. The third-order valence-corrected chi connectivity index (χ3v) is 1.50. The van der Waals surface area contributed by atoms with E-state index in [1.807, 2.05) is 0 Å². The molecule has 6 nitrogen and oxygen atoms in total. The summed E-state index contributed by atoms with van der Waals surface area (Å²) in [4.78, 5) is 20.9. The summed E-state index contributed by atoms with van der Waals surface area (Å²) in [6.45, 7) is 3.66. The minimum atomic E-state index is -1.16. The Morgan fingerprint density at radius 1 is 1.73 bits per heavy atom. The predicted molar refractivity (Wildman–Crippen MR) is 53.4 cm³/mol. The van der Waals surface area contributed by atoms with E-state index in [2.05, 4.69) is 11.9 Å². The molecule has 0 bridgehead atoms. The Morgan fingerprint density at radius 2 is 2.40 bits per heavy atom. The highest BCUT2D eigenvalue weighted by atomic mass is 16.6. The Balaban J connectivity index is 4.23. The van der Waals surface area contributed by atoms with E-state index in [0.717, 1.165) is 12.2 Å². The zero-order valence-corrected chi connectivity index (χ0v) is 8.05. The van der Waals surface area contributed by atoms with Gasteiger partial charge >= 0.3 is 0 Å². The number of rotatable bonds is 6. The number of carbonyl (C=O) groups excluding carboxylic acids is 1. The molecule has 0 aliphatic rings. The van der Waals surface area contributed by atoms with Crippen molar-refractivity contribution in [2.45, 2.75) is 12.5 Å². The van der Waals surface area contributed by atoms with Crippen LogP contribution >= 0.6 is 0 Å². The van der Waals surface area contributed by atoms with Gasteiger partial charge in [-0.15, -0.1) is 6.58 Å². The second-order valence-corrected chi connectivity index (χ2v) is 2.64. The molecule has 1 amide bonds. The van der Waals surface area contributed by atoms with Crippen LogP contribution in [-0.2, 0) is 4.79 Å². The van der Waals surface area contributed by atoms with Gasteiger partial charge in [0, 0.05) is 17.5 Å². The Hall–Kier alpha value is -2.16. The van der Waals surface area contributed by atoms with E-state index in [1.54, 1.807) is 6.07 Å². The highest BCUT2D eigenvalue weighted by molar-refractivity contribution is 5.76. The summed E-state index contributed by atoms with van der Waals surface area (Å²) in [5.41, 5.74) is 0. The molecule has 0 saturated carbocycles. The van der Waals surface area contributed by atoms with E-state index in [0.29, 0.717) is 0 Å². The molecule has 1 unspecified atom stereocenters. The lowest BCUT2D eigenvalue weighted by Crippen LogP contribution is -2.30. The quantitative estimate of drug-likeness (QED) is 0.296. The number of nitriles is 1. The van der Waals surface area contributed by atoms with Crippen molar-refractivity contribution in [3.63, 3.8) is 0 Å². The van der Waals surface area contributed by atoms with E-state index in [4.69, 9.17) is 5.26 Å². The van der Waals surface area contributed by atoms with Crippen molar-refractivity contribution < 1.29 is 9.72 Å². The Labute approximate surface area is 87.0 Å². The van der Waals surface area contributed by atoms with Gasteiger partial charge in [0.15, 0.2) is 0 Å². The summed E-state index contributed by atoms with van der Waals surface area (Å²) in [6, 6.07) is 0.479. The van der Waals surface area contributed by atoms with E-state index in [-0.39, 0.29) is 13.0 Å². The molecule has 0 aromatic rings. The number of amides is 1. The van der Waals surface area contributed by atoms with Gasteiger partial charge < -0.3 is 5.32 Å². The fourth-order valence-corrected chi connectivity index (χ4v) is 0.815. The topological polar surface area (TPSA) is 96.0 Å². The lowest BCUT2D eigenvalue weighted by Gasteiger charge is -2.04. The summed E-state index contributed by atoms with van der Waals surface area (Å²) in [7, 11) is 0. The summed E-state index contributed by atoms with van der Waals surface area (Å²) in [6.07, 6.45) is 3.28. The van der Waals surface area contributed by atoms with E-state index < -0.39 is 16.9 Å². The lowest BCUT2D eigenvalue weighted by molar-refractivity contribution is -0.508. The zero-order chi connectivity index (χ0) is 11.7. The van der Waals surface area contributed by atoms with Gasteiger partial charge in [-0.05, 0) is 6.08 Å². The molecule has 1 atom stereocenters. The molecule has 0 aromatic heterocycles. The number of hydrogen-bond donors (Lipinski definition) is 1. The third kappa shape index (κ3) is 5.99. The number of nitro groups is 1. The average Bonchev–Trinajstić information content (AvgIpc) is 2.20. The van der Waals surface area contributed by atoms with Gasteiger partial charge in [0.05, 0.1) is 12.5 Å². The third-order valence-electron chi connectivity index (χ3n) is 1.50. The summed E-state index contributed by atoms with van der Waals surface area (Å²) < 4.78 is 0. The monoisotopic (exact) mass is 209 g/mol. The number of nitrogens with one attached hydrogen (secondary N) is 1. The molecular weight excluding hydrogens is 198 g/mol. The van der Waals surface area contributed by atoms with Gasteiger partial charge in [-0.25, -0.2) is 0 Å². The molecule has 0 heterocycles. The molecule has 0 rings (SSSR count). The van der Waals surface area contributed by atoms with Gasteiger partial charge in [-0.2, -0.15) is 5.26 Å². The van der Waals surface area contributed by atoms with Crippen molar-refractivity contribution in [2.24, 2.45) is 0 Å². The second kappa shape index (κ2) is 7.26. The molecule has 0 aliphatic carbocycles. The standard InChI is InChI=1S/C9H11N3O3/c1-2-6-11-9(13)7-8(12(14)15)4-3-5-10/h2-4,8H,1,6-7H2,(H,11,13)/b4-3-. The van der Waals surface area contributed by atoms with Crippen LogP contribution in [0.15, 0.2) is 24.8 Å². The molecular formula is C9H11N3O3. The van der Waals surface area contributed by atoms with Crippen LogP contribution in [0.25, 0.3) is 0 Å². The van der Waals surface area contributed by atoms with Gasteiger partial charge in [0.25, 0.3) is 0 Å². The first-order valence-electron chi connectivity index (χ1n) is 4.19. The molecule has 15 heavy (non-hydrogen) atoms. The van der Waals surface area contributed by atoms with Crippen LogP contribution in [0.3, 0.4) is 0 Å². The number of carbonyl (C=O) groups is 1. The summed E-state index contributed by atoms with van der Waals surface area (Å²) in [5, 5.41) is 21.1. The minimum absolute atomic E-state index is 0.269. The molecule has 80 valence electrons. The second-order valence-electron chi connectivity index (χ2n) is 2.64. The minimum Gasteiger partial charge on any atom is -0.352 e. The molecule has 6 heteroatoms. The fourth-order valence-electron chi connectivity index (χ4n) is 0.815. The van der Waals surface area contributed by atoms with Crippen molar-refractivity contribution >= 4 is 5.91 Å². The Bertz CT molecular complexity index is 317. The van der Waals surface area contributed by atoms with Crippen molar-refractivity contribution in [2.75, 3.05) is 6.54 Å². The molecule has 0 saturated heterocycles. The van der Waals surface area contributed by atoms with Crippen LogP contribution in [0.2, 0.25) is 0 Å². The molecule has 1 N–H and O–H groups in total. The Kier molecular flexibility index (Phi) is 6.22. The maximum atomic E-state index is 11.1. The van der Waals surface area contributed by atoms with Crippen LogP contribution in [0.4, 0.5) is 0 Å². The molecule has 0 radical (unpaired) electrons. The summed E-state index contributed by atoms with van der Waals surface area (Å²) >= 11 is 0. The first-order chi connectivity index (χ1) is 7.11. The van der Waals surface area contributed by atoms with Crippen molar-refractivity contribution in [1.82, 2.24) is 5.32 Å². The fraction of sp³-hybridized carbons (Fsp3) is 0.333. The highest BCUT2D eigenvalue weighted by Gasteiger charge is 2.20. The van der Waals surface area contributed by atoms with Crippen LogP contribution in [0.5, 0.6) is 0 Å². The van der Waals surface area contributed by atoms with Crippen LogP contribution < -0.4 is 5.32 Å². The van der Waals surface area contributed by atoms with Crippen LogP contribution in [0.1, 0.15) is 6.42 Å². The lowest BCUT2D eigenvalue weighted by atomic mass is 10.2. The van der Waals surface area contributed by atoms with Gasteiger partial charge in [-0.1, -0.05) is 6.08 Å². The normalized spacial score (nSPS) is 11.7. The first-order valence-corrected chi connectivity index (χ1v) is 4.19. The van der Waals surface area contributed by atoms with E-state index in [1.165, 1.54) is 6.08 Å². The van der Waals surface area contributed by atoms with Crippen LogP contribution in [0, 0.1) is 21.4 Å². The molecule has 0 fully saturated rings. The van der Waals surface area contributed by atoms with E-state index in [9.17, 15) is 14.9 Å². The number of allylic oxidation sites excluding steroid dienone is 1. The zero-order valence-electron chi connectivity index (χ0n) is 8.05. The largest absolute Gasteiger partial charge is 0.352 e. The van der Waals surface area contributed by atoms with Gasteiger partial charge in [-0.3, -0.25) is 14.9 Å². The average molecular weight is 209 g/mol. The van der Waals surface area contributed by atoms with Crippen molar-refractivity contribution in [1.29, 1.82) is 5.26 Å². The maximum Gasteiger partial charge on any atom is 0.241 e. The Morgan fingerprint density at radius 3 is 2.87 bits per heavy atom. The first kappa shape index (κ1) is 12.8. The van der Waals surface area contributed by atoms with E-state index >= 15 is 0 Å². The van der Waals surface area contributed by atoms with Crippen molar-refractivity contribution in [3.8, 4) is 6.07 Å². The van der Waals surface area contributed by atoms with Crippen LogP contribution in [-0.4, -0.2) is 23.4 Å². The van der Waals surface area contributed by atoms with Crippen molar-refractivity contribution in [3.05, 3.63) is 34.9 Å². The maximum absolute atomic E-state index is 11.1.